The average Bonchev–Trinajstić information content (AvgIpc) is 2.77. The van der Waals surface area contributed by atoms with Gasteiger partial charge in [-0.3, -0.25) is 9.59 Å². The van der Waals surface area contributed by atoms with Crippen molar-refractivity contribution in [2.45, 2.75) is 49.7 Å². The zero-order valence-corrected chi connectivity index (χ0v) is 14.1. The van der Waals surface area contributed by atoms with Crippen molar-refractivity contribution in [1.82, 2.24) is 4.90 Å². The van der Waals surface area contributed by atoms with Crippen LogP contribution < -0.4 is 5.32 Å². The van der Waals surface area contributed by atoms with E-state index in [-0.39, 0.29) is 17.1 Å². The van der Waals surface area contributed by atoms with E-state index in [9.17, 15) is 9.59 Å². The van der Waals surface area contributed by atoms with E-state index >= 15 is 0 Å². The highest BCUT2D eigenvalue weighted by Gasteiger charge is 2.22. The smallest absolute Gasteiger partial charge is 0.235 e. The fraction of sp³-hybridized carbons (Fsp3) is 0.529. The number of thioether (sulfide) groups is 1. The maximum atomic E-state index is 12.5. The van der Waals surface area contributed by atoms with Crippen molar-refractivity contribution < 1.29 is 9.59 Å². The van der Waals surface area contributed by atoms with Gasteiger partial charge in [0.15, 0.2) is 0 Å². The quantitative estimate of drug-likeness (QED) is 0.864. The molecule has 1 fully saturated rings. The Hall–Kier alpha value is -1.49. The topological polar surface area (TPSA) is 49.4 Å². The minimum Gasteiger partial charge on any atom is -0.342 e. The Morgan fingerprint density at radius 3 is 2.23 bits per heavy atom. The summed E-state index contributed by atoms with van der Waals surface area (Å²) in [5, 5.41) is 2.66. The van der Waals surface area contributed by atoms with Crippen LogP contribution in [-0.4, -0.2) is 35.1 Å². The normalized spacial score (nSPS) is 16.7. The number of hydrogen-bond acceptors (Lipinski definition) is 3. The molecule has 0 saturated carbocycles. The molecule has 0 radical (unpaired) electrons. The zero-order valence-electron chi connectivity index (χ0n) is 13.3. The van der Waals surface area contributed by atoms with Gasteiger partial charge in [0.1, 0.15) is 0 Å². The van der Waals surface area contributed by atoms with Gasteiger partial charge in [-0.1, -0.05) is 12.8 Å². The largest absolute Gasteiger partial charge is 0.342 e. The molecule has 2 rings (SSSR count). The Balaban J connectivity index is 1.91. The Bertz CT molecular complexity index is 508. The van der Waals surface area contributed by atoms with Gasteiger partial charge in [0.2, 0.25) is 11.8 Å². The molecule has 4 nitrogen and oxygen atoms in total. The van der Waals surface area contributed by atoms with E-state index < -0.39 is 0 Å². The van der Waals surface area contributed by atoms with Crippen molar-refractivity contribution in [2.75, 3.05) is 18.4 Å². The highest BCUT2D eigenvalue weighted by atomic mass is 32.2. The second-order valence-corrected chi connectivity index (χ2v) is 7.12. The lowest BCUT2D eigenvalue weighted by Crippen LogP contribution is -2.37. The fourth-order valence-corrected chi connectivity index (χ4v) is 3.57. The molecule has 2 amide bonds. The number of likely N-dealkylation sites (tertiary alicyclic amines) is 1. The molecule has 5 heteroatoms. The van der Waals surface area contributed by atoms with Crippen molar-refractivity contribution >= 4 is 29.3 Å². The molecule has 0 bridgehead atoms. The molecule has 0 unspecified atom stereocenters. The van der Waals surface area contributed by atoms with Crippen LogP contribution in [0.4, 0.5) is 5.69 Å². The molecule has 1 saturated heterocycles. The second-order valence-electron chi connectivity index (χ2n) is 5.71. The first kappa shape index (κ1) is 16.9. The van der Waals surface area contributed by atoms with Crippen molar-refractivity contribution in [1.29, 1.82) is 0 Å². The number of nitrogens with zero attached hydrogens (tertiary/aromatic N) is 1. The molecule has 1 aliphatic rings. The van der Waals surface area contributed by atoms with E-state index in [1.54, 1.807) is 11.8 Å². The van der Waals surface area contributed by atoms with Gasteiger partial charge < -0.3 is 10.2 Å². The first-order valence-corrected chi connectivity index (χ1v) is 8.77. The molecule has 1 aromatic rings. The first-order valence-electron chi connectivity index (χ1n) is 7.89. The summed E-state index contributed by atoms with van der Waals surface area (Å²) in [7, 11) is 0. The number of hydrogen-bond donors (Lipinski definition) is 1. The second kappa shape index (κ2) is 8.22. The first-order chi connectivity index (χ1) is 10.6. The Kier molecular flexibility index (Phi) is 6.31. The van der Waals surface area contributed by atoms with Gasteiger partial charge in [0.05, 0.1) is 5.25 Å². The van der Waals surface area contributed by atoms with Crippen molar-refractivity contribution in [3.8, 4) is 0 Å². The predicted molar refractivity (Wildman–Crippen MR) is 91.1 cm³/mol. The molecule has 0 aromatic heterocycles. The minimum absolute atomic E-state index is 0.0786. The Labute approximate surface area is 136 Å². The highest BCUT2D eigenvalue weighted by Crippen LogP contribution is 2.26. The Morgan fingerprint density at radius 1 is 1.09 bits per heavy atom. The van der Waals surface area contributed by atoms with Gasteiger partial charge in [-0.05, 0) is 44.0 Å². The van der Waals surface area contributed by atoms with E-state index in [1.807, 2.05) is 36.1 Å². The number of amides is 2. The molecule has 1 N–H and O–H groups in total. The summed E-state index contributed by atoms with van der Waals surface area (Å²) in [5.74, 6) is 0.156. The van der Waals surface area contributed by atoms with Crippen LogP contribution in [0, 0.1) is 0 Å². The van der Waals surface area contributed by atoms with E-state index in [2.05, 4.69) is 5.32 Å². The highest BCUT2D eigenvalue weighted by molar-refractivity contribution is 8.00. The van der Waals surface area contributed by atoms with Crippen molar-refractivity contribution in [2.24, 2.45) is 0 Å². The molecule has 1 aliphatic heterocycles. The van der Waals surface area contributed by atoms with Gasteiger partial charge in [-0.2, -0.15) is 0 Å². The third-order valence-electron chi connectivity index (χ3n) is 3.75. The average molecular weight is 320 g/mol. The predicted octanol–water partition coefficient (Wildman–Crippen LogP) is 3.53. The molecule has 1 atom stereocenters. The van der Waals surface area contributed by atoms with Crippen LogP contribution >= 0.6 is 11.8 Å². The van der Waals surface area contributed by atoms with Crippen LogP contribution in [0.3, 0.4) is 0 Å². The van der Waals surface area contributed by atoms with Crippen LogP contribution in [0.15, 0.2) is 29.2 Å². The molecular formula is C17H24N2O2S. The number of rotatable bonds is 4. The summed E-state index contributed by atoms with van der Waals surface area (Å²) in [6.45, 7) is 5.25. The van der Waals surface area contributed by atoms with Crippen LogP contribution in [0.2, 0.25) is 0 Å². The molecule has 120 valence electrons. The molecular weight excluding hydrogens is 296 g/mol. The summed E-state index contributed by atoms with van der Waals surface area (Å²) in [6, 6.07) is 7.63. The van der Waals surface area contributed by atoms with Crippen LogP contribution in [0.25, 0.3) is 0 Å². The van der Waals surface area contributed by atoms with E-state index in [0.29, 0.717) is 0 Å². The van der Waals surface area contributed by atoms with E-state index in [0.717, 1.165) is 36.5 Å². The van der Waals surface area contributed by atoms with Gasteiger partial charge in [-0.15, -0.1) is 11.8 Å². The molecule has 0 spiro atoms. The molecule has 22 heavy (non-hydrogen) atoms. The number of carbonyl (C=O) groups excluding carboxylic acids is 2. The van der Waals surface area contributed by atoms with Gasteiger partial charge in [0, 0.05) is 30.6 Å². The van der Waals surface area contributed by atoms with E-state index in [1.165, 1.54) is 19.8 Å². The SMILES string of the molecule is CC(=O)Nc1ccc(S[C@H](C)C(=O)N2CCCCCC2)cc1. The van der Waals surface area contributed by atoms with Crippen molar-refractivity contribution in [3.63, 3.8) is 0 Å². The third-order valence-corrected chi connectivity index (χ3v) is 4.85. The maximum Gasteiger partial charge on any atom is 0.235 e. The molecule has 0 aliphatic carbocycles. The lowest BCUT2D eigenvalue weighted by atomic mass is 10.2. The van der Waals surface area contributed by atoms with Crippen LogP contribution in [-0.2, 0) is 9.59 Å². The third kappa shape index (κ3) is 5.05. The minimum atomic E-state index is -0.0790. The number of nitrogens with one attached hydrogen (secondary N) is 1. The van der Waals surface area contributed by atoms with Gasteiger partial charge in [0.25, 0.3) is 0 Å². The van der Waals surface area contributed by atoms with Crippen LogP contribution in [0.1, 0.15) is 39.5 Å². The van der Waals surface area contributed by atoms with Crippen LogP contribution in [0.5, 0.6) is 0 Å². The summed E-state index contributed by atoms with van der Waals surface area (Å²) < 4.78 is 0. The van der Waals surface area contributed by atoms with E-state index in [4.69, 9.17) is 0 Å². The van der Waals surface area contributed by atoms with Crippen molar-refractivity contribution in [3.05, 3.63) is 24.3 Å². The zero-order chi connectivity index (χ0) is 15.9. The number of anilines is 1. The summed E-state index contributed by atoms with van der Waals surface area (Å²) in [6.07, 6.45) is 4.70. The molecule has 1 aromatic carbocycles. The molecule has 1 heterocycles. The van der Waals surface area contributed by atoms with Gasteiger partial charge in [-0.25, -0.2) is 0 Å². The maximum absolute atomic E-state index is 12.5. The Morgan fingerprint density at radius 2 is 1.68 bits per heavy atom. The summed E-state index contributed by atoms with van der Waals surface area (Å²) in [5.41, 5.74) is 0.781. The standard InChI is InChI=1S/C17H24N2O2S/c1-13(17(21)19-11-5-3-4-6-12-19)22-16-9-7-15(8-10-16)18-14(2)20/h7-10,13H,3-6,11-12H2,1-2H3,(H,18,20)/t13-/m1/s1. The number of carbonyl (C=O) groups is 2. The lowest BCUT2D eigenvalue weighted by Gasteiger charge is -2.23. The fourth-order valence-electron chi connectivity index (χ4n) is 2.62. The van der Waals surface area contributed by atoms with Gasteiger partial charge >= 0.3 is 0 Å². The summed E-state index contributed by atoms with van der Waals surface area (Å²) >= 11 is 1.58. The number of benzene rings is 1. The monoisotopic (exact) mass is 320 g/mol. The lowest BCUT2D eigenvalue weighted by molar-refractivity contribution is -0.130. The summed E-state index contributed by atoms with van der Waals surface area (Å²) in [4.78, 5) is 26.6.